The van der Waals surface area contributed by atoms with E-state index in [0.717, 1.165) is 5.69 Å². The van der Waals surface area contributed by atoms with Crippen LogP contribution in [0, 0.1) is 0 Å². The van der Waals surface area contributed by atoms with E-state index < -0.39 is 5.60 Å². The van der Waals surface area contributed by atoms with Crippen LogP contribution in [-0.4, -0.2) is 51.6 Å². The zero-order chi connectivity index (χ0) is 16.4. The molecule has 0 aliphatic carbocycles. The Kier molecular flexibility index (Phi) is 4.65. The lowest BCUT2D eigenvalue weighted by atomic mass is 9.73. The van der Waals surface area contributed by atoms with Gasteiger partial charge >= 0.3 is 6.09 Å². The zero-order valence-electron chi connectivity index (χ0n) is 13.4. The molecule has 0 spiro atoms. The van der Waals surface area contributed by atoms with Crippen molar-refractivity contribution in [3.63, 3.8) is 0 Å². The summed E-state index contributed by atoms with van der Waals surface area (Å²) in [7, 11) is 0. The molecule has 7 heteroatoms. The van der Waals surface area contributed by atoms with Gasteiger partial charge in [-0.15, -0.1) is 0 Å². The van der Waals surface area contributed by atoms with Crippen molar-refractivity contribution in [1.82, 2.24) is 15.1 Å². The smallest absolute Gasteiger partial charge is 0.410 e. The van der Waals surface area contributed by atoms with Crippen LogP contribution in [0.2, 0.25) is 0 Å². The second-order valence-corrected chi connectivity index (χ2v) is 6.89. The molecule has 1 fully saturated rings. The number of rotatable bonds is 3. The van der Waals surface area contributed by atoms with Crippen LogP contribution in [0.1, 0.15) is 45.7 Å². The van der Waals surface area contributed by atoms with E-state index in [0.29, 0.717) is 32.4 Å². The molecule has 1 aromatic heterocycles. The van der Waals surface area contributed by atoms with E-state index in [9.17, 15) is 14.7 Å². The Morgan fingerprint density at radius 1 is 1.36 bits per heavy atom. The highest BCUT2D eigenvalue weighted by Crippen LogP contribution is 2.37. The number of ether oxygens (including phenoxy) is 1. The predicted octanol–water partition coefficient (Wildman–Crippen LogP) is 1.35. The fourth-order valence-corrected chi connectivity index (χ4v) is 2.93. The molecule has 1 aliphatic rings. The molecule has 1 aliphatic heterocycles. The summed E-state index contributed by atoms with van der Waals surface area (Å²) in [6, 6.07) is 1.54. The highest BCUT2D eigenvalue weighted by Gasteiger charge is 2.39. The van der Waals surface area contributed by atoms with Gasteiger partial charge in [-0.05, 0) is 40.0 Å². The molecule has 7 nitrogen and oxygen atoms in total. The Bertz CT molecular complexity index is 562. The number of H-pyrrole nitrogens is 2. The van der Waals surface area contributed by atoms with Crippen LogP contribution in [0.15, 0.2) is 10.9 Å². The van der Waals surface area contributed by atoms with E-state index in [-0.39, 0.29) is 23.7 Å². The Morgan fingerprint density at radius 2 is 2.00 bits per heavy atom. The van der Waals surface area contributed by atoms with E-state index in [1.807, 2.05) is 20.8 Å². The van der Waals surface area contributed by atoms with Crippen molar-refractivity contribution < 1.29 is 14.6 Å². The van der Waals surface area contributed by atoms with E-state index in [4.69, 9.17) is 4.74 Å². The average Bonchev–Trinajstić information content (AvgIpc) is 2.85. The van der Waals surface area contributed by atoms with Crippen molar-refractivity contribution in [2.24, 2.45) is 0 Å². The molecule has 1 saturated heterocycles. The van der Waals surface area contributed by atoms with E-state index in [1.165, 1.54) is 0 Å². The summed E-state index contributed by atoms with van der Waals surface area (Å²) in [6.45, 7) is 6.66. The van der Waals surface area contributed by atoms with Crippen LogP contribution < -0.4 is 5.56 Å². The quantitative estimate of drug-likeness (QED) is 0.785. The number of hydrogen-bond donors (Lipinski definition) is 3. The lowest BCUT2D eigenvalue weighted by Crippen LogP contribution is -2.47. The molecule has 0 bridgehead atoms. The van der Waals surface area contributed by atoms with Crippen LogP contribution in [-0.2, 0) is 10.2 Å². The predicted molar refractivity (Wildman–Crippen MR) is 81.8 cm³/mol. The van der Waals surface area contributed by atoms with Crippen molar-refractivity contribution in [2.45, 2.75) is 51.0 Å². The molecular weight excluding hydrogens is 286 g/mol. The van der Waals surface area contributed by atoms with Crippen molar-refractivity contribution in [1.29, 1.82) is 0 Å². The number of piperidine rings is 1. The maximum atomic E-state index is 12.1. The first-order chi connectivity index (χ1) is 10.3. The van der Waals surface area contributed by atoms with Crippen LogP contribution >= 0.6 is 0 Å². The first-order valence-electron chi connectivity index (χ1n) is 7.63. The van der Waals surface area contributed by atoms with Crippen LogP contribution in [0.5, 0.6) is 0 Å². The lowest BCUT2D eigenvalue weighted by Gasteiger charge is -2.41. The summed E-state index contributed by atoms with van der Waals surface area (Å²) >= 11 is 0. The Morgan fingerprint density at radius 3 is 2.45 bits per heavy atom. The van der Waals surface area contributed by atoms with Crippen LogP contribution in [0.3, 0.4) is 0 Å². The Balaban J connectivity index is 2.07. The first kappa shape index (κ1) is 16.6. The van der Waals surface area contributed by atoms with Crippen molar-refractivity contribution in [2.75, 3.05) is 19.7 Å². The number of aromatic nitrogens is 2. The topological polar surface area (TPSA) is 98.4 Å². The molecular formula is C15H25N3O4. The monoisotopic (exact) mass is 311 g/mol. The molecule has 0 unspecified atom stereocenters. The van der Waals surface area contributed by atoms with Gasteiger partial charge in [0.15, 0.2) is 0 Å². The van der Waals surface area contributed by atoms with E-state index >= 15 is 0 Å². The minimum atomic E-state index is -0.511. The third-order valence-electron chi connectivity index (χ3n) is 4.13. The number of aromatic amines is 2. The fraction of sp³-hybridized carbons (Fsp3) is 0.733. The highest BCUT2D eigenvalue weighted by atomic mass is 16.6. The van der Waals surface area contributed by atoms with E-state index in [1.54, 1.807) is 11.0 Å². The number of aliphatic hydroxyl groups excluding tert-OH is 1. The molecule has 1 amide bonds. The van der Waals surface area contributed by atoms with Gasteiger partial charge in [-0.3, -0.25) is 9.89 Å². The number of nitrogens with zero attached hydrogens (tertiary/aromatic N) is 1. The van der Waals surface area contributed by atoms with Crippen molar-refractivity contribution >= 4 is 6.09 Å². The third kappa shape index (κ3) is 3.71. The van der Waals surface area contributed by atoms with Crippen molar-refractivity contribution in [3.8, 4) is 0 Å². The summed E-state index contributed by atoms with van der Waals surface area (Å²) in [5, 5.41) is 14.8. The second-order valence-electron chi connectivity index (χ2n) is 6.89. The molecule has 1 aromatic rings. The van der Waals surface area contributed by atoms with E-state index in [2.05, 4.69) is 10.2 Å². The summed E-state index contributed by atoms with van der Waals surface area (Å²) in [5.41, 5.74) is -0.188. The Labute approximate surface area is 129 Å². The molecule has 0 atom stereocenters. The summed E-state index contributed by atoms with van der Waals surface area (Å²) in [4.78, 5) is 25.2. The van der Waals surface area contributed by atoms with Gasteiger partial charge in [0.05, 0.1) is 0 Å². The molecule has 2 heterocycles. The number of aliphatic hydroxyl groups is 1. The van der Waals surface area contributed by atoms with Gasteiger partial charge in [-0.1, -0.05) is 0 Å². The first-order valence-corrected chi connectivity index (χ1v) is 7.63. The zero-order valence-corrected chi connectivity index (χ0v) is 13.4. The van der Waals surface area contributed by atoms with Gasteiger partial charge in [0.1, 0.15) is 5.60 Å². The summed E-state index contributed by atoms with van der Waals surface area (Å²) < 4.78 is 5.39. The summed E-state index contributed by atoms with van der Waals surface area (Å²) in [5.74, 6) is 0. The largest absolute Gasteiger partial charge is 0.444 e. The molecule has 0 aromatic carbocycles. The van der Waals surface area contributed by atoms with Gasteiger partial charge < -0.3 is 19.8 Å². The number of carbonyl (C=O) groups is 1. The highest BCUT2D eigenvalue weighted by molar-refractivity contribution is 5.68. The molecule has 22 heavy (non-hydrogen) atoms. The number of amides is 1. The van der Waals surface area contributed by atoms with Gasteiger partial charge in [0.2, 0.25) is 0 Å². The van der Waals surface area contributed by atoms with Gasteiger partial charge in [0, 0.05) is 36.9 Å². The third-order valence-corrected chi connectivity index (χ3v) is 4.13. The summed E-state index contributed by atoms with van der Waals surface area (Å²) in [6.07, 6.45) is 1.61. The minimum Gasteiger partial charge on any atom is -0.444 e. The molecule has 0 radical (unpaired) electrons. The number of carbonyl (C=O) groups excluding carboxylic acids is 1. The molecule has 124 valence electrons. The minimum absolute atomic E-state index is 0.0413. The standard InChI is InChI=1S/C15H25N3O4/c1-14(2,3)22-13(21)18-7-4-15(5-8-18,6-9-19)11-10-12(20)17-16-11/h10,19H,4-9H2,1-3H3,(H2,16,17,20). The van der Waals surface area contributed by atoms with Crippen molar-refractivity contribution in [3.05, 3.63) is 22.1 Å². The van der Waals surface area contributed by atoms with Gasteiger partial charge in [-0.2, -0.15) is 0 Å². The lowest BCUT2D eigenvalue weighted by molar-refractivity contribution is 0.0148. The maximum absolute atomic E-state index is 12.1. The van der Waals surface area contributed by atoms with Crippen LogP contribution in [0.4, 0.5) is 4.79 Å². The number of likely N-dealkylation sites (tertiary alicyclic amines) is 1. The SMILES string of the molecule is CC(C)(C)OC(=O)N1CCC(CCO)(c2cc(=O)[nH][nH]2)CC1. The Hall–Kier alpha value is -1.76. The fourth-order valence-electron chi connectivity index (χ4n) is 2.93. The van der Waals surface area contributed by atoms with Crippen LogP contribution in [0.25, 0.3) is 0 Å². The molecule has 0 saturated carbocycles. The number of hydrogen-bond acceptors (Lipinski definition) is 4. The average molecular weight is 311 g/mol. The van der Waals surface area contributed by atoms with Gasteiger partial charge in [-0.25, -0.2) is 4.79 Å². The van der Waals surface area contributed by atoms with Gasteiger partial charge in [0.25, 0.3) is 5.56 Å². The molecule has 2 rings (SSSR count). The second kappa shape index (κ2) is 6.16. The molecule has 3 N–H and O–H groups in total. The maximum Gasteiger partial charge on any atom is 0.410 e. The number of nitrogens with one attached hydrogen (secondary N) is 2. The normalized spacial score (nSPS) is 18.3.